The smallest absolute Gasteiger partial charge is 0.0914 e. The highest BCUT2D eigenvalue weighted by atomic mass is 16.3. The van der Waals surface area contributed by atoms with Gasteiger partial charge in [-0.05, 0) is 5.56 Å². The number of nitrogens with two attached hydrogens (primary N) is 1. The molecule has 0 bridgehead atoms. The zero-order chi connectivity index (χ0) is 11.6. The van der Waals surface area contributed by atoms with Crippen LogP contribution in [0, 0.1) is 0 Å². The molecular weight excluding hydrogens is 202 g/mol. The van der Waals surface area contributed by atoms with Crippen molar-refractivity contribution in [1.82, 2.24) is 10.6 Å². The molecular formula is C12H21N3O. The minimum Gasteiger partial charge on any atom is -0.387 e. The Morgan fingerprint density at radius 2 is 1.75 bits per heavy atom. The molecule has 0 saturated heterocycles. The summed E-state index contributed by atoms with van der Waals surface area (Å²) in [6.07, 6.45) is -0.435. The zero-order valence-electron chi connectivity index (χ0n) is 9.52. The van der Waals surface area contributed by atoms with Crippen molar-refractivity contribution in [2.75, 3.05) is 32.7 Å². The molecule has 90 valence electrons. The van der Waals surface area contributed by atoms with Crippen LogP contribution in [0.25, 0.3) is 0 Å². The standard InChI is InChI=1S/C12H21N3O/c13-6-7-14-8-9-15-10-12(16)11-4-2-1-3-5-11/h1-5,12,14-16H,6-10,13H2. The van der Waals surface area contributed by atoms with Crippen LogP contribution in [0.1, 0.15) is 11.7 Å². The number of aliphatic hydroxyl groups is 1. The third-order valence-electron chi connectivity index (χ3n) is 2.32. The Labute approximate surface area is 96.9 Å². The molecule has 0 aliphatic heterocycles. The summed E-state index contributed by atoms with van der Waals surface area (Å²) in [5.41, 5.74) is 6.29. The van der Waals surface area contributed by atoms with Crippen LogP contribution >= 0.6 is 0 Å². The van der Waals surface area contributed by atoms with Crippen molar-refractivity contribution in [1.29, 1.82) is 0 Å². The molecule has 1 aromatic carbocycles. The van der Waals surface area contributed by atoms with E-state index in [-0.39, 0.29) is 0 Å². The fourth-order valence-electron chi connectivity index (χ4n) is 1.44. The van der Waals surface area contributed by atoms with Gasteiger partial charge in [-0.1, -0.05) is 30.3 Å². The molecule has 0 saturated carbocycles. The summed E-state index contributed by atoms with van der Waals surface area (Å²) < 4.78 is 0. The van der Waals surface area contributed by atoms with E-state index in [1.165, 1.54) is 0 Å². The van der Waals surface area contributed by atoms with E-state index >= 15 is 0 Å². The fourth-order valence-corrected chi connectivity index (χ4v) is 1.44. The van der Waals surface area contributed by atoms with E-state index in [9.17, 15) is 5.11 Å². The molecule has 16 heavy (non-hydrogen) atoms. The Balaban J connectivity index is 2.09. The number of aliphatic hydroxyl groups excluding tert-OH is 1. The predicted molar refractivity (Wildman–Crippen MR) is 66.2 cm³/mol. The normalized spacial score (nSPS) is 12.6. The van der Waals surface area contributed by atoms with Gasteiger partial charge in [0.25, 0.3) is 0 Å². The summed E-state index contributed by atoms with van der Waals surface area (Å²) in [6.45, 7) is 3.78. The van der Waals surface area contributed by atoms with Crippen LogP contribution in [0.3, 0.4) is 0 Å². The van der Waals surface area contributed by atoms with Gasteiger partial charge in [-0.15, -0.1) is 0 Å². The van der Waals surface area contributed by atoms with Crippen molar-refractivity contribution >= 4 is 0 Å². The largest absolute Gasteiger partial charge is 0.387 e. The number of hydrogen-bond donors (Lipinski definition) is 4. The van der Waals surface area contributed by atoms with Crippen molar-refractivity contribution in [3.8, 4) is 0 Å². The molecule has 0 aliphatic rings. The highest BCUT2D eigenvalue weighted by Crippen LogP contribution is 2.09. The average molecular weight is 223 g/mol. The van der Waals surface area contributed by atoms with Gasteiger partial charge < -0.3 is 21.5 Å². The fraction of sp³-hybridized carbons (Fsp3) is 0.500. The topological polar surface area (TPSA) is 70.3 Å². The summed E-state index contributed by atoms with van der Waals surface area (Å²) in [5.74, 6) is 0. The Morgan fingerprint density at radius 1 is 1.06 bits per heavy atom. The highest BCUT2D eigenvalue weighted by Gasteiger charge is 2.04. The lowest BCUT2D eigenvalue weighted by Gasteiger charge is -2.12. The first-order valence-electron chi connectivity index (χ1n) is 5.69. The lowest BCUT2D eigenvalue weighted by atomic mass is 10.1. The average Bonchev–Trinajstić information content (AvgIpc) is 2.34. The minimum absolute atomic E-state index is 0.435. The van der Waals surface area contributed by atoms with Crippen LogP contribution in [0.5, 0.6) is 0 Å². The SMILES string of the molecule is NCCNCCNCC(O)c1ccccc1. The van der Waals surface area contributed by atoms with Gasteiger partial charge in [0.2, 0.25) is 0 Å². The number of rotatable bonds is 8. The molecule has 0 amide bonds. The van der Waals surface area contributed by atoms with Crippen LogP contribution in [0.2, 0.25) is 0 Å². The van der Waals surface area contributed by atoms with Gasteiger partial charge in [0.05, 0.1) is 6.10 Å². The summed E-state index contributed by atoms with van der Waals surface area (Å²) in [4.78, 5) is 0. The lowest BCUT2D eigenvalue weighted by molar-refractivity contribution is 0.175. The second-order valence-electron chi connectivity index (χ2n) is 3.67. The van der Waals surface area contributed by atoms with Crippen molar-refractivity contribution in [2.45, 2.75) is 6.10 Å². The molecule has 0 aliphatic carbocycles. The van der Waals surface area contributed by atoms with Crippen LogP contribution in [-0.4, -0.2) is 37.8 Å². The Kier molecular flexibility index (Phi) is 6.76. The van der Waals surface area contributed by atoms with E-state index in [1.807, 2.05) is 30.3 Å². The summed E-state index contributed by atoms with van der Waals surface area (Å²) in [6, 6.07) is 9.67. The number of benzene rings is 1. The molecule has 0 aromatic heterocycles. The van der Waals surface area contributed by atoms with Gasteiger partial charge in [0, 0.05) is 32.7 Å². The van der Waals surface area contributed by atoms with Crippen LogP contribution in [-0.2, 0) is 0 Å². The van der Waals surface area contributed by atoms with E-state index in [0.29, 0.717) is 13.1 Å². The van der Waals surface area contributed by atoms with Gasteiger partial charge >= 0.3 is 0 Å². The highest BCUT2D eigenvalue weighted by molar-refractivity contribution is 5.17. The van der Waals surface area contributed by atoms with Crippen molar-refractivity contribution in [3.63, 3.8) is 0 Å². The number of nitrogens with one attached hydrogen (secondary N) is 2. The Morgan fingerprint density at radius 3 is 2.44 bits per heavy atom. The molecule has 1 rings (SSSR count). The van der Waals surface area contributed by atoms with E-state index in [0.717, 1.165) is 25.2 Å². The quantitative estimate of drug-likeness (QED) is 0.463. The first kappa shape index (κ1) is 13.1. The Bertz CT molecular complexity index is 266. The third-order valence-corrected chi connectivity index (χ3v) is 2.32. The molecule has 1 atom stereocenters. The van der Waals surface area contributed by atoms with Gasteiger partial charge in [0.15, 0.2) is 0 Å². The maximum Gasteiger partial charge on any atom is 0.0914 e. The molecule has 4 nitrogen and oxygen atoms in total. The first-order valence-corrected chi connectivity index (χ1v) is 5.69. The van der Waals surface area contributed by atoms with Gasteiger partial charge in [-0.3, -0.25) is 0 Å². The van der Waals surface area contributed by atoms with E-state index in [4.69, 9.17) is 5.73 Å². The Hall–Kier alpha value is -0.940. The number of hydrogen-bond acceptors (Lipinski definition) is 4. The second-order valence-corrected chi connectivity index (χ2v) is 3.67. The maximum absolute atomic E-state index is 9.82. The van der Waals surface area contributed by atoms with Gasteiger partial charge in [-0.25, -0.2) is 0 Å². The molecule has 0 radical (unpaired) electrons. The predicted octanol–water partition coefficient (Wildman–Crippen LogP) is -0.142. The maximum atomic E-state index is 9.82. The molecule has 0 heterocycles. The molecule has 1 unspecified atom stereocenters. The van der Waals surface area contributed by atoms with Crippen LogP contribution in [0.15, 0.2) is 30.3 Å². The summed E-state index contributed by atoms with van der Waals surface area (Å²) >= 11 is 0. The summed E-state index contributed by atoms with van der Waals surface area (Å²) in [5, 5.41) is 16.2. The second kappa shape index (κ2) is 8.24. The van der Waals surface area contributed by atoms with E-state index < -0.39 is 6.10 Å². The molecule has 1 aromatic rings. The van der Waals surface area contributed by atoms with Crippen molar-refractivity contribution in [2.24, 2.45) is 5.73 Å². The monoisotopic (exact) mass is 223 g/mol. The summed E-state index contributed by atoms with van der Waals surface area (Å²) in [7, 11) is 0. The van der Waals surface area contributed by atoms with E-state index in [1.54, 1.807) is 0 Å². The lowest BCUT2D eigenvalue weighted by Crippen LogP contribution is -2.32. The third kappa shape index (κ3) is 5.23. The van der Waals surface area contributed by atoms with Gasteiger partial charge in [0.1, 0.15) is 0 Å². The van der Waals surface area contributed by atoms with E-state index in [2.05, 4.69) is 10.6 Å². The van der Waals surface area contributed by atoms with Gasteiger partial charge in [-0.2, -0.15) is 0 Å². The zero-order valence-corrected chi connectivity index (χ0v) is 9.52. The van der Waals surface area contributed by atoms with Crippen molar-refractivity contribution < 1.29 is 5.11 Å². The molecule has 0 spiro atoms. The molecule has 0 fully saturated rings. The molecule has 5 N–H and O–H groups in total. The first-order chi connectivity index (χ1) is 7.84. The van der Waals surface area contributed by atoms with Crippen LogP contribution in [0.4, 0.5) is 0 Å². The van der Waals surface area contributed by atoms with Crippen LogP contribution < -0.4 is 16.4 Å². The molecule has 4 heteroatoms. The van der Waals surface area contributed by atoms with Crippen molar-refractivity contribution in [3.05, 3.63) is 35.9 Å². The minimum atomic E-state index is -0.435.